The summed E-state index contributed by atoms with van der Waals surface area (Å²) in [5.41, 5.74) is 4.51. The third kappa shape index (κ3) is 3.79. The molecule has 0 radical (unpaired) electrons. The monoisotopic (exact) mass is 334 g/mol. The Hall–Kier alpha value is -2.88. The number of fused-ring (bicyclic) bond motifs is 1. The van der Waals surface area contributed by atoms with Crippen molar-refractivity contribution in [2.45, 2.75) is 20.3 Å². The van der Waals surface area contributed by atoms with Crippen LogP contribution in [0.5, 0.6) is 0 Å². The molecule has 1 aromatic heterocycles. The van der Waals surface area contributed by atoms with Gasteiger partial charge in [0.15, 0.2) is 0 Å². The van der Waals surface area contributed by atoms with Gasteiger partial charge in [0.05, 0.1) is 17.8 Å². The summed E-state index contributed by atoms with van der Waals surface area (Å²) < 4.78 is 5.19. The smallest absolute Gasteiger partial charge is 0.341 e. The molecule has 0 atom stereocenters. The van der Waals surface area contributed by atoms with Crippen LogP contribution in [0.3, 0.4) is 0 Å². The molecule has 3 aromatic rings. The van der Waals surface area contributed by atoms with Crippen molar-refractivity contribution < 1.29 is 9.53 Å². The highest BCUT2D eigenvalue weighted by Crippen LogP contribution is 2.28. The highest BCUT2D eigenvalue weighted by Gasteiger charge is 2.17. The highest BCUT2D eigenvalue weighted by molar-refractivity contribution is 6.05. The number of anilines is 1. The summed E-state index contributed by atoms with van der Waals surface area (Å²) in [6.45, 7) is 4.89. The van der Waals surface area contributed by atoms with Gasteiger partial charge < -0.3 is 10.1 Å². The average molecular weight is 334 g/mol. The fourth-order valence-electron chi connectivity index (χ4n) is 2.90. The fourth-order valence-corrected chi connectivity index (χ4v) is 2.90. The molecule has 25 heavy (non-hydrogen) atoms. The lowest BCUT2D eigenvalue weighted by Gasteiger charge is -2.15. The topological polar surface area (TPSA) is 51.2 Å². The zero-order valence-corrected chi connectivity index (χ0v) is 14.6. The minimum Gasteiger partial charge on any atom is -0.462 e. The number of rotatable bonds is 6. The first-order valence-electron chi connectivity index (χ1n) is 8.54. The molecular weight excluding hydrogens is 312 g/mol. The number of hydrogen-bond acceptors (Lipinski definition) is 4. The summed E-state index contributed by atoms with van der Waals surface area (Å²) in [5, 5.41) is 4.37. The normalized spacial score (nSPS) is 10.6. The molecule has 0 bridgehead atoms. The van der Waals surface area contributed by atoms with E-state index in [1.807, 2.05) is 43.3 Å². The number of carbonyl (C=O) groups excluding carboxylic acids is 1. The molecule has 0 saturated carbocycles. The second-order valence-electron chi connectivity index (χ2n) is 5.90. The van der Waals surface area contributed by atoms with Gasteiger partial charge in [-0.1, -0.05) is 48.5 Å². The van der Waals surface area contributed by atoms with E-state index in [1.54, 1.807) is 13.1 Å². The summed E-state index contributed by atoms with van der Waals surface area (Å²) in [7, 11) is 0. The van der Waals surface area contributed by atoms with Crippen LogP contribution < -0.4 is 5.32 Å². The number of esters is 1. The second kappa shape index (κ2) is 7.79. The quantitative estimate of drug-likeness (QED) is 0.680. The number of benzene rings is 2. The summed E-state index contributed by atoms with van der Waals surface area (Å²) in [6, 6.07) is 16.3. The van der Waals surface area contributed by atoms with E-state index in [9.17, 15) is 4.79 Å². The van der Waals surface area contributed by atoms with Crippen LogP contribution in [0, 0.1) is 6.92 Å². The van der Waals surface area contributed by atoms with Crippen LogP contribution in [0.4, 0.5) is 5.69 Å². The molecule has 1 N–H and O–H groups in total. The number of ether oxygens (including phenoxy) is 1. The molecule has 2 aromatic carbocycles. The maximum absolute atomic E-state index is 12.3. The Morgan fingerprint density at radius 1 is 1.12 bits per heavy atom. The summed E-state index contributed by atoms with van der Waals surface area (Å²) in [4.78, 5) is 16.8. The summed E-state index contributed by atoms with van der Waals surface area (Å²) in [5.74, 6) is -0.347. The van der Waals surface area contributed by atoms with Gasteiger partial charge in [-0.3, -0.25) is 4.98 Å². The number of nitrogens with zero attached hydrogens (tertiary/aromatic N) is 1. The lowest BCUT2D eigenvalue weighted by Crippen LogP contribution is -2.13. The molecule has 1 heterocycles. The first-order chi connectivity index (χ1) is 12.2. The van der Waals surface area contributed by atoms with Crippen molar-refractivity contribution >= 4 is 22.6 Å². The molecule has 4 nitrogen and oxygen atoms in total. The first kappa shape index (κ1) is 17.0. The van der Waals surface area contributed by atoms with Crippen LogP contribution >= 0.6 is 0 Å². The number of hydrogen-bond donors (Lipinski definition) is 1. The molecule has 128 valence electrons. The van der Waals surface area contributed by atoms with Crippen LogP contribution in [0.1, 0.15) is 28.4 Å². The minimum atomic E-state index is -0.347. The molecule has 0 aliphatic heterocycles. The van der Waals surface area contributed by atoms with Crippen LogP contribution in [-0.2, 0) is 11.2 Å². The molecule has 0 amide bonds. The highest BCUT2D eigenvalue weighted by atomic mass is 16.5. The van der Waals surface area contributed by atoms with E-state index in [0.29, 0.717) is 12.2 Å². The number of pyridine rings is 1. The molecule has 0 saturated heterocycles. The zero-order valence-electron chi connectivity index (χ0n) is 14.6. The standard InChI is InChI=1S/C21H22N2O2/c1-3-25-21(24)18-14-23-19-15(2)8-7-11-17(19)20(18)22-13-12-16-9-5-4-6-10-16/h4-11,14H,3,12-13H2,1-2H3,(H,22,23). The van der Waals surface area contributed by atoms with Crippen molar-refractivity contribution in [1.29, 1.82) is 0 Å². The third-order valence-electron chi connectivity index (χ3n) is 4.15. The Morgan fingerprint density at radius 3 is 2.68 bits per heavy atom. The van der Waals surface area contributed by atoms with Crippen LogP contribution in [-0.4, -0.2) is 24.1 Å². The second-order valence-corrected chi connectivity index (χ2v) is 5.90. The number of carbonyl (C=O) groups is 1. The van der Waals surface area contributed by atoms with E-state index < -0.39 is 0 Å². The van der Waals surface area contributed by atoms with E-state index in [-0.39, 0.29) is 5.97 Å². The van der Waals surface area contributed by atoms with Crippen molar-refractivity contribution in [2.75, 3.05) is 18.5 Å². The Bertz CT molecular complexity index is 876. The maximum Gasteiger partial charge on any atom is 0.341 e. The molecule has 0 unspecified atom stereocenters. The Labute approximate surface area is 147 Å². The lowest BCUT2D eigenvalue weighted by molar-refractivity contribution is 0.0527. The number of nitrogens with one attached hydrogen (secondary N) is 1. The largest absolute Gasteiger partial charge is 0.462 e. The average Bonchev–Trinajstić information content (AvgIpc) is 2.63. The van der Waals surface area contributed by atoms with Gasteiger partial charge in [-0.2, -0.15) is 0 Å². The van der Waals surface area contributed by atoms with Gasteiger partial charge in [0.1, 0.15) is 5.56 Å². The van der Waals surface area contributed by atoms with Gasteiger partial charge in [0.2, 0.25) is 0 Å². The third-order valence-corrected chi connectivity index (χ3v) is 4.15. The first-order valence-corrected chi connectivity index (χ1v) is 8.54. The number of aryl methyl sites for hydroxylation is 1. The SMILES string of the molecule is CCOC(=O)c1cnc2c(C)cccc2c1NCCc1ccccc1. The van der Waals surface area contributed by atoms with Crippen molar-refractivity contribution in [3.05, 3.63) is 71.4 Å². The Balaban J connectivity index is 1.93. The molecule has 0 aliphatic rings. The van der Waals surface area contributed by atoms with Gasteiger partial charge in [0, 0.05) is 18.1 Å². The van der Waals surface area contributed by atoms with Gasteiger partial charge in [-0.25, -0.2) is 4.79 Å². The number of para-hydroxylation sites is 1. The Kier molecular flexibility index (Phi) is 5.29. The van der Waals surface area contributed by atoms with Crippen LogP contribution in [0.15, 0.2) is 54.7 Å². The molecule has 4 heteroatoms. The fraction of sp³-hybridized carbons (Fsp3) is 0.238. The summed E-state index contributed by atoms with van der Waals surface area (Å²) >= 11 is 0. The molecule has 0 spiro atoms. The molecular formula is C21H22N2O2. The Morgan fingerprint density at radius 2 is 1.92 bits per heavy atom. The number of aromatic nitrogens is 1. The van der Waals surface area contributed by atoms with Gasteiger partial charge in [-0.05, 0) is 31.4 Å². The predicted octanol–water partition coefficient (Wildman–Crippen LogP) is 4.37. The van der Waals surface area contributed by atoms with E-state index in [0.717, 1.165) is 35.1 Å². The van der Waals surface area contributed by atoms with Gasteiger partial charge in [0.25, 0.3) is 0 Å². The van der Waals surface area contributed by atoms with E-state index in [2.05, 4.69) is 22.4 Å². The van der Waals surface area contributed by atoms with Crippen molar-refractivity contribution in [2.24, 2.45) is 0 Å². The van der Waals surface area contributed by atoms with Crippen molar-refractivity contribution in [1.82, 2.24) is 4.98 Å². The summed E-state index contributed by atoms with van der Waals surface area (Å²) in [6.07, 6.45) is 2.48. The minimum absolute atomic E-state index is 0.341. The van der Waals surface area contributed by atoms with E-state index in [1.165, 1.54) is 5.56 Å². The zero-order chi connectivity index (χ0) is 17.6. The molecule has 0 aliphatic carbocycles. The van der Waals surface area contributed by atoms with Crippen LogP contribution in [0.2, 0.25) is 0 Å². The van der Waals surface area contributed by atoms with E-state index in [4.69, 9.17) is 4.74 Å². The molecule has 0 fully saturated rings. The van der Waals surface area contributed by atoms with Crippen molar-refractivity contribution in [3.8, 4) is 0 Å². The maximum atomic E-state index is 12.3. The van der Waals surface area contributed by atoms with Gasteiger partial charge in [-0.15, -0.1) is 0 Å². The molecule has 3 rings (SSSR count). The van der Waals surface area contributed by atoms with Gasteiger partial charge >= 0.3 is 5.97 Å². The predicted molar refractivity (Wildman–Crippen MR) is 101 cm³/mol. The lowest BCUT2D eigenvalue weighted by atomic mass is 10.1. The van der Waals surface area contributed by atoms with E-state index >= 15 is 0 Å². The van der Waals surface area contributed by atoms with Crippen LogP contribution in [0.25, 0.3) is 10.9 Å². The van der Waals surface area contributed by atoms with Crippen molar-refractivity contribution in [3.63, 3.8) is 0 Å².